The first kappa shape index (κ1) is 10.4. The van der Waals surface area contributed by atoms with Crippen molar-refractivity contribution in [2.45, 2.75) is 6.42 Å². The molecule has 1 aromatic rings. The fourth-order valence-electron chi connectivity index (χ4n) is 1.74. The third kappa shape index (κ3) is 2.28. The fraction of sp³-hybridized carbons (Fsp3) is 0.400. The van der Waals surface area contributed by atoms with E-state index in [0.29, 0.717) is 13.0 Å². The van der Waals surface area contributed by atoms with E-state index < -0.39 is 5.97 Å². The summed E-state index contributed by atoms with van der Waals surface area (Å²) in [7, 11) is 0. The minimum Gasteiger partial charge on any atom is -0.481 e. The zero-order chi connectivity index (χ0) is 10.8. The molecule has 1 saturated heterocycles. The summed E-state index contributed by atoms with van der Waals surface area (Å²) in [6.07, 6.45) is 2.41. The molecule has 4 nitrogen and oxygen atoms in total. The summed E-state index contributed by atoms with van der Waals surface area (Å²) in [6.45, 7) is 1.32. The molecule has 0 saturated carbocycles. The molecule has 0 amide bonds. The topological polar surface area (TPSA) is 53.4 Å². The van der Waals surface area contributed by atoms with E-state index in [9.17, 15) is 4.79 Å². The van der Waals surface area contributed by atoms with Crippen LogP contribution in [-0.4, -0.2) is 29.1 Å². The quantitative estimate of drug-likeness (QED) is 0.890. The van der Waals surface area contributed by atoms with Crippen LogP contribution in [0.2, 0.25) is 0 Å². The van der Waals surface area contributed by atoms with Gasteiger partial charge in [0, 0.05) is 23.8 Å². The van der Waals surface area contributed by atoms with Crippen LogP contribution in [0.3, 0.4) is 0 Å². The number of nitrogens with zero attached hydrogens (tertiary/aromatic N) is 2. The second-order valence-electron chi connectivity index (χ2n) is 3.60. The molecule has 1 fully saturated rings. The molecule has 0 radical (unpaired) electrons. The van der Waals surface area contributed by atoms with Crippen molar-refractivity contribution in [1.82, 2.24) is 4.98 Å². The first-order chi connectivity index (χ1) is 7.16. The predicted molar refractivity (Wildman–Crippen MR) is 59.9 cm³/mol. The second kappa shape index (κ2) is 4.18. The first-order valence-corrected chi connectivity index (χ1v) is 5.55. The average Bonchev–Trinajstić information content (AvgIpc) is 2.66. The molecule has 0 aliphatic carbocycles. The van der Waals surface area contributed by atoms with Gasteiger partial charge in [-0.15, -0.1) is 0 Å². The predicted octanol–water partition coefficient (Wildman–Crippen LogP) is 1.75. The van der Waals surface area contributed by atoms with Crippen molar-refractivity contribution in [2.24, 2.45) is 5.92 Å². The zero-order valence-electron chi connectivity index (χ0n) is 8.06. The van der Waals surface area contributed by atoms with Gasteiger partial charge in [0.2, 0.25) is 0 Å². The number of aromatic nitrogens is 1. The van der Waals surface area contributed by atoms with Crippen molar-refractivity contribution in [1.29, 1.82) is 0 Å². The molecule has 0 spiro atoms. The average molecular weight is 271 g/mol. The van der Waals surface area contributed by atoms with Crippen molar-refractivity contribution in [3.05, 3.63) is 22.8 Å². The lowest BCUT2D eigenvalue weighted by molar-refractivity contribution is -0.140. The van der Waals surface area contributed by atoms with Crippen molar-refractivity contribution >= 4 is 27.7 Å². The Morgan fingerprint density at radius 1 is 1.67 bits per heavy atom. The Kier molecular flexibility index (Phi) is 2.90. The van der Waals surface area contributed by atoms with E-state index in [0.717, 1.165) is 16.8 Å². The summed E-state index contributed by atoms with van der Waals surface area (Å²) in [5.74, 6) is -0.133. The van der Waals surface area contributed by atoms with Gasteiger partial charge >= 0.3 is 5.97 Å². The van der Waals surface area contributed by atoms with E-state index in [1.807, 2.05) is 17.0 Å². The van der Waals surface area contributed by atoms with Gasteiger partial charge in [-0.2, -0.15) is 0 Å². The van der Waals surface area contributed by atoms with Gasteiger partial charge in [0.05, 0.1) is 5.92 Å². The molecule has 15 heavy (non-hydrogen) atoms. The Morgan fingerprint density at radius 3 is 3.07 bits per heavy atom. The Bertz CT molecular complexity index is 383. The lowest BCUT2D eigenvalue weighted by Crippen LogP contribution is -2.23. The SMILES string of the molecule is O=C(O)C1CCN(c2cc(Br)ccn2)C1. The number of hydrogen-bond donors (Lipinski definition) is 1. The number of halogens is 1. The van der Waals surface area contributed by atoms with E-state index in [1.54, 1.807) is 6.20 Å². The summed E-state index contributed by atoms with van der Waals surface area (Å²) in [5, 5.41) is 8.88. The normalized spacial score (nSPS) is 20.6. The molecule has 5 heteroatoms. The molecule has 1 aliphatic rings. The Hall–Kier alpha value is -1.10. The Morgan fingerprint density at radius 2 is 2.47 bits per heavy atom. The Balaban J connectivity index is 2.11. The highest BCUT2D eigenvalue weighted by Crippen LogP contribution is 2.24. The van der Waals surface area contributed by atoms with Crippen molar-refractivity contribution in [3.8, 4) is 0 Å². The molecule has 2 heterocycles. The fourth-order valence-corrected chi connectivity index (χ4v) is 2.06. The summed E-state index contributed by atoms with van der Waals surface area (Å²) in [4.78, 5) is 17.0. The molecule has 2 rings (SSSR count). The number of aliphatic carboxylic acids is 1. The molecule has 1 aliphatic heterocycles. The monoisotopic (exact) mass is 270 g/mol. The van der Waals surface area contributed by atoms with E-state index in [1.165, 1.54) is 0 Å². The first-order valence-electron chi connectivity index (χ1n) is 4.76. The minimum absolute atomic E-state index is 0.259. The molecular weight excluding hydrogens is 260 g/mol. The molecular formula is C10H11BrN2O2. The largest absolute Gasteiger partial charge is 0.481 e. The number of anilines is 1. The second-order valence-corrected chi connectivity index (χ2v) is 4.52. The lowest BCUT2D eigenvalue weighted by Gasteiger charge is -2.16. The molecule has 1 unspecified atom stereocenters. The molecule has 80 valence electrons. The maximum absolute atomic E-state index is 10.8. The van der Waals surface area contributed by atoms with Gasteiger partial charge < -0.3 is 10.0 Å². The standard InChI is InChI=1S/C10H11BrN2O2/c11-8-1-3-12-9(5-8)13-4-2-7(6-13)10(14)15/h1,3,5,7H,2,4,6H2,(H,14,15). The lowest BCUT2D eigenvalue weighted by atomic mass is 10.1. The van der Waals surface area contributed by atoms with Gasteiger partial charge in [-0.25, -0.2) is 4.98 Å². The maximum atomic E-state index is 10.8. The van der Waals surface area contributed by atoms with Gasteiger partial charge in [0.15, 0.2) is 0 Å². The van der Waals surface area contributed by atoms with Crippen LogP contribution in [0.4, 0.5) is 5.82 Å². The van der Waals surface area contributed by atoms with Gasteiger partial charge in [0.25, 0.3) is 0 Å². The van der Waals surface area contributed by atoms with Crippen LogP contribution < -0.4 is 4.90 Å². The molecule has 1 N–H and O–H groups in total. The zero-order valence-corrected chi connectivity index (χ0v) is 9.64. The molecule has 1 atom stereocenters. The van der Waals surface area contributed by atoms with E-state index >= 15 is 0 Å². The van der Waals surface area contributed by atoms with Gasteiger partial charge in [-0.1, -0.05) is 15.9 Å². The van der Waals surface area contributed by atoms with Crippen LogP contribution in [0.25, 0.3) is 0 Å². The van der Waals surface area contributed by atoms with Crippen LogP contribution in [0.15, 0.2) is 22.8 Å². The highest BCUT2D eigenvalue weighted by atomic mass is 79.9. The van der Waals surface area contributed by atoms with Crippen molar-refractivity contribution < 1.29 is 9.90 Å². The summed E-state index contributed by atoms with van der Waals surface area (Å²) >= 11 is 3.37. The van der Waals surface area contributed by atoms with Crippen LogP contribution in [0.5, 0.6) is 0 Å². The van der Waals surface area contributed by atoms with E-state index in [2.05, 4.69) is 20.9 Å². The van der Waals surface area contributed by atoms with E-state index in [4.69, 9.17) is 5.11 Å². The minimum atomic E-state index is -0.715. The number of hydrogen-bond acceptors (Lipinski definition) is 3. The van der Waals surface area contributed by atoms with Gasteiger partial charge in [-0.3, -0.25) is 4.79 Å². The third-order valence-electron chi connectivity index (χ3n) is 2.57. The van der Waals surface area contributed by atoms with Crippen molar-refractivity contribution in [2.75, 3.05) is 18.0 Å². The summed E-state index contributed by atoms with van der Waals surface area (Å²) < 4.78 is 0.964. The van der Waals surface area contributed by atoms with Crippen LogP contribution in [0.1, 0.15) is 6.42 Å². The van der Waals surface area contributed by atoms with Crippen LogP contribution in [-0.2, 0) is 4.79 Å². The van der Waals surface area contributed by atoms with E-state index in [-0.39, 0.29) is 5.92 Å². The van der Waals surface area contributed by atoms with Crippen LogP contribution in [0, 0.1) is 5.92 Å². The van der Waals surface area contributed by atoms with Crippen molar-refractivity contribution in [3.63, 3.8) is 0 Å². The maximum Gasteiger partial charge on any atom is 0.308 e. The highest BCUT2D eigenvalue weighted by molar-refractivity contribution is 9.10. The molecule has 0 aromatic carbocycles. The Labute approximate surface area is 96.1 Å². The smallest absolute Gasteiger partial charge is 0.308 e. The number of pyridine rings is 1. The molecule has 1 aromatic heterocycles. The summed E-state index contributed by atoms with van der Waals surface area (Å²) in [6, 6.07) is 3.76. The summed E-state index contributed by atoms with van der Waals surface area (Å²) in [5.41, 5.74) is 0. The highest BCUT2D eigenvalue weighted by Gasteiger charge is 2.28. The number of carboxylic acids is 1. The number of carbonyl (C=O) groups is 1. The van der Waals surface area contributed by atoms with Crippen LogP contribution >= 0.6 is 15.9 Å². The molecule has 0 bridgehead atoms. The number of rotatable bonds is 2. The van der Waals surface area contributed by atoms with Gasteiger partial charge in [-0.05, 0) is 18.6 Å². The number of carboxylic acid groups (broad SMARTS) is 1. The van der Waals surface area contributed by atoms with Gasteiger partial charge in [0.1, 0.15) is 5.82 Å². The third-order valence-corrected chi connectivity index (χ3v) is 3.06.